The maximum absolute atomic E-state index is 0. The van der Waals surface area contributed by atoms with Gasteiger partial charge in [-0.15, -0.1) is 0 Å². The average molecular weight is 222 g/mol. The van der Waals surface area contributed by atoms with Crippen molar-refractivity contribution in [3.8, 4) is 0 Å². The summed E-state index contributed by atoms with van der Waals surface area (Å²) in [7, 11) is 0. The third-order valence-electron chi connectivity index (χ3n) is 0. The van der Waals surface area contributed by atoms with Gasteiger partial charge >= 0.3 is 25.8 Å². The molecule has 6 heavy (non-hydrogen) atoms. The molecule has 0 aliphatic heterocycles. The van der Waals surface area contributed by atoms with Crippen molar-refractivity contribution in [2.24, 2.45) is 0 Å². The first-order chi connectivity index (χ1) is 0. The molecule has 0 heterocycles. The molecule has 0 saturated heterocycles. The van der Waals surface area contributed by atoms with E-state index in [0.29, 0.717) is 0 Å². The van der Waals surface area contributed by atoms with E-state index in [1.165, 1.54) is 0 Å². The maximum atomic E-state index is 0. The van der Waals surface area contributed by atoms with Crippen LogP contribution in [0.25, 0.3) is 0 Å². The molecule has 0 fully saturated rings. The van der Waals surface area contributed by atoms with Gasteiger partial charge in [0.25, 0.3) is 0 Å². The van der Waals surface area contributed by atoms with Gasteiger partial charge in [-0.2, -0.15) is 0 Å². The molecule has 0 aromatic carbocycles. The maximum Gasteiger partial charge on any atom is 3.00 e. The summed E-state index contributed by atoms with van der Waals surface area (Å²) in [6, 6.07) is 0. The van der Waals surface area contributed by atoms with Gasteiger partial charge in [0, 0.05) is 0 Å². The molecule has 4 nitrogen and oxygen atoms in total. The van der Waals surface area contributed by atoms with Crippen LogP contribution in [0, 0.1) is 0 Å². The van der Waals surface area contributed by atoms with E-state index in [-0.39, 0.29) is 60.2 Å². The Kier molecular flexibility index (Phi) is 6300. The second-order valence-corrected chi connectivity index (χ2v) is 0. The van der Waals surface area contributed by atoms with Crippen molar-refractivity contribution in [2.75, 3.05) is 0 Å². The van der Waals surface area contributed by atoms with E-state index >= 15 is 0 Å². The Bertz CT molecular complexity index is 7.51. The molecular weight excluding hydrogens is 214 g/mol. The molecule has 0 atom stereocenters. The summed E-state index contributed by atoms with van der Waals surface area (Å²) in [6.07, 6.45) is 0. The van der Waals surface area contributed by atoms with E-state index in [2.05, 4.69) is 0 Å². The van der Waals surface area contributed by atoms with Crippen LogP contribution in [0.2, 0.25) is 0 Å². The van der Waals surface area contributed by atoms with Crippen LogP contribution < -0.4 is 12.4 Å². The fourth-order valence-electron chi connectivity index (χ4n) is 0. The molecular formula is H8ClInO4+2. The Balaban J connectivity index is 0. The molecule has 0 bridgehead atoms. The van der Waals surface area contributed by atoms with Gasteiger partial charge < -0.3 is 34.3 Å². The Labute approximate surface area is 60.4 Å². The summed E-state index contributed by atoms with van der Waals surface area (Å²) in [5, 5.41) is 0. The predicted molar refractivity (Wildman–Crippen MR) is 20.2 cm³/mol. The summed E-state index contributed by atoms with van der Waals surface area (Å²) in [5.74, 6) is 0. The zero-order valence-corrected chi connectivity index (χ0v) is 7.01. The first-order valence-corrected chi connectivity index (χ1v) is 0. The average Bonchev–Trinajstić information content (AvgIpc) is 0. The van der Waals surface area contributed by atoms with Gasteiger partial charge in [-0.05, 0) is 0 Å². The van der Waals surface area contributed by atoms with E-state index in [0.717, 1.165) is 0 Å². The monoisotopic (exact) mass is 222 g/mol. The molecule has 0 aromatic heterocycles. The van der Waals surface area contributed by atoms with Gasteiger partial charge in [0.05, 0.1) is 0 Å². The standard InChI is InChI=1S/ClH.In.4H2O/h1H;;4*1H2/q;+3;;;;/p-1. The van der Waals surface area contributed by atoms with Crippen LogP contribution in [0.3, 0.4) is 0 Å². The molecule has 0 aromatic rings. The van der Waals surface area contributed by atoms with Crippen molar-refractivity contribution >= 4 is 25.8 Å². The fraction of sp³-hybridized carbons (Fsp3) is 0. The predicted octanol–water partition coefficient (Wildman–Crippen LogP) is -6.68. The van der Waals surface area contributed by atoms with Crippen molar-refractivity contribution in [3.05, 3.63) is 0 Å². The second-order valence-electron chi connectivity index (χ2n) is 0. The van der Waals surface area contributed by atoms with Gasteiger partial charge in [0.2, 0.25) is 0 Å². The summed E-state index contributed by atoms with van der Waals surface area (Å²) in [5.41, 5.74) is 0. The van der Waals surface area contributed by atoms with Crippen LogP contribution in [0.1, 0.15) is 0 Å². The summed E-state index contributed by atoms with van der Waals surface area (Å²) >= 11 is 0. The minimum Gasteiger partial charge on any atom is -1.00 e. The molecule has 0 rings (SSSR count). The minimum atomic E-state index is 0. The van der Waals surface area contributed by atoms with Crippen molar-refractivity contribution < 1.29 is 34.3 Å². The number of hydrogen-bond acceptors (Lipinski definition) is 0. The molecule has 40 valence electrons. The first-order valence-electron chi connectivity index (χ1n) is 0. The summed E-state index contributed by atoms with van der Waals surface area (Å²) < 4.78 is 0. The van der Waals surface area contributed by atoms with Crippen molar-refractivity contribution in [1.29, 1.82) is 0 Å². The zero-order chi connectivity index (χ0) is 0. The van der Waals surface area contributed by atoms with Crippen LogP contribution in [0.4, 0.5) is 0 Å². The number of halogens is 1. The Morgan fingerprint density at radius 3 is 0.500 bits per heavy atom. The fourth-order valence-corrected chi connectivity index (χ4v) is 0. The molecule has 6 heteroatoms. The van der Waals surface area contributed by atoms with Gasteiger partial charge in [-0.1, -0.05) is 0 Å². The topological polar surface area (TPSA) is 126 Å². The number of hydrogen-bond donors (Lipinski definition) is 0. The normalized spacial score (nSPS) is 0. The summed E-state index contributed by atoms with van der Waals surface area (Å²) in [4.78, 5) is 0. The van der Waals surface area contributed by atoms with Crippen LogP contribution in [0.15, 0.2) is 0 Å². The van der Waals surface area contributed by atoms with Crippen molar-refractivity contribution in [1.82, 2.24) is 0 Å². The Morgan fingerprint density at radius 1 is 0.500 bits per heavy atom. The smallest absolute Gasteiger partial charge is 1.00 e. The minimum absolute atomic E-state index is 0. The van der Waals surface area contributed by atoms with E-state index in [4.69, 9.17) is 0 Å². The molecule has 0 unspecified atom stereocenters. The third-order valence-corrected chi connectivity index (χ3v) is 0. The molecule has 0 aliphatic rings. The Hall–Kier alpha value is 1.00. The molecule has 0 spiro atoms. The second kappa shape index (κ2) is 150. The van der Waals surface area contributed by atoms with E-state index in [9.17, 15) is 0 Å². The van der Waals surface area contributed by atoms with Gasteiger partial charge in [0.1, 0.15) is 0 Å². The molecule has 0 aliphatic carbocycles. The largest absolute Gasteiger partial charge is 3.00 e. The van der Waals surface area contributed by atoms with Crippen LogP contribution in [-0.2, 0) is 0 Å². The van der Waals surface area contributed by atoms with Crippen LogP contribution in [-0.4, -0.2) is 47.7 Å². The van der Waals surface area contributed by atoms with E-state index in [1.54, 1.807) is 0 Å². The quantitative estimate of drug-likeness (QED) is 0.386. The molecule has 0 amide bonds. The molecule has 0 radical (unpaired) electrons. The van der Waals surface area contributed by atoms with Crippen LogP contribution >= 0.6 is 0 Å². The zero-order valence-electron chi connectivity index (χ0n) is 2.96. The SMILES string of the molecule is O.O.O.O.[Cl-].[In+3]. The molecule has 8 N–H and O–H groups in total. The van der Waals surface area contributed by atoms with Gasteiger partial charge in [-0.25, -0.2) is 0 Å². The summed E-state index contributed by atoms with van der Waals surface area (Å²) in [6.45, 7) is 0. The third kappa shape index (κ3) is 80.0. The van der Waals surface area contributed by atoms with Crippen molar-refractivity contribution in [3.63, 3.8) is 0 Å². The first kappa shape index (κ1) is 252. The van der Waals surface area contributed by atoms with Gasteiger partial charge in [-0.3, -0.25) is 0 Å². The number of rotatable bonds is 0. The van der Waals surface area contributed by atoms with Crippen molar-refractivity contribution in [2.45, 2.75) is 0 Å². The van der Waals surface area contributed by atoms with E-state index in [1.807, 2.05) is 0 Å². The van der Waals surface area contributed by atoms with Crippen LogP contribution in [0.5, 0.6) is 0 Å². The Morgan fingerprint density at radius 2 is 0.500 bits per heavy atom. The van der Waals surface area contributed by atoms with Gasteiger partial charge in [0.15, 0.2) is 0 Å². The van der Waals surface area contributed by atoms with E-state index < -0.39 is 0 Å². The molecule has 0 saturated carbocycles.